The first kappa shape index (κ1) is 25.6. The van der Waals surface area contributed by atoms with Gasteiger partial charge in [-0.15, -0.1) is 20.4 Å². The summed E-state index contributed by atoms with van der Waals surface area (Å²) in [6.45, 7) is 8.84. The number of aromatic nitrogens is 4. The molecule has 12 heteroatoms. The highest BCUT2D eigenvalue weighted by Crippen LogP contribution is 2.37. The van der Waals surface area contributed by atoms with Crippen molar-refractivity contribution in [3.63, 3.8) is 0 Å². The van der Waals surface area contributed by atoms with Crippen molar-refractivity contribution < 1.29 is 9.53 Å². The van der Waals surface area contributed by atoms with Gasteiger partial charge in [-0.3, -0.25) is 9.69 Å². The van der Waals surface area contributed by atoms with Crippen LogP contribution in [0.1, 0.15) is 52.4 Å². The summed E-state index contributed by atoms with van der Waals surface area (Å²) in [4.78, 5) is 17.4. The average molecular weight is 535 g/mol. The van der Waals surface area contributed by atoms with E-state index in [0.29, 0.717) is 39.9 Å². The summed E-state index contributed by atoms with van der Waals surface area (Å²) in [5.74, 6) is 0.729. The lowest BCUT2D eigenvalue weighted by molar-refractivity contribution is -0.122. The fourth-order valence-corrected chi connectivity index (χ4v) is 6.23. The molecule has 0 unspecified atom stereocenters. The molecule has 0 aromatic carbocycles. The summed E-state index contributed by atoms with van der Waals surface area (Å²) in [5, 5.41) is 24.3. The summed E-state index contributed by atoms with van der Waals surface area (Å²) >= 11 is 7.19. The number of amides is 1. The Hall–Kier alpha value is -2.08. The Morgan fingerprint density at radius 1 is 1.11 bits per heavy atom. The highest BCUT2D eigenvalue weighted by atomic mass is 35.5. The average Bonchev–Trinajstić information content (AvgIpc) is 3.49. The molecule has 1 amide bonds. The van der Waals surface area contributed by atoms with Gasteiger partial charge in [0, 0.05) is 38.3 Å². The van der Waals surface area contributed by atoms with Gasteiger partial charge in [-0.25, -0.2) is 0 Å². The number of halogens is 1. The van der Waals surface area contributed by atoms with Gasteiger partial charge in [0.25, 0.3) is 0 Å². The van der Waals surface area contributed by atoms with Gasteiger partial charge in [0.05, 0.1) is 19.1 Å². The zero-order valence-corrected chi connectivity index (χ0v) is 22.5. The van der Waals surface area contributed by atoms with E-state index in [1.165, 1.54) is 37.0 Å². The van der Waals surface area contributed by atoms with Crippen LogP contribution in [0.2, 0.25) is 5.15 Å². The smallest absolute Gasteiger partial charge is 0.228 e. The number of carbonyl (C=O) groups is 1. The largest absolute Gasteiger partial charge is 0.375 e. The standard InChI is InChI=1S/C24H35ClN8O2S/c1-24(2)8-5-17(6-9-24)32-11-12-35-18(15-32)13-21(34)27-23-31-30-22(36-23)26-16-7-10-33(14-16)20-4-3-19(25)28-29-20/h3-4,16-18H,5-15H2,1-2H3,(H,26,30)(H,27,31,34)/t16-,18-/m1/s1. The van der Waals surface area contributed by atoms with E-state index in [4.69, 9.17) is 16.3 Å². The van der Waals surface area contributed by atoms with E-state index in [9.17, 15) is 4.79 Å². The molecule has 0 bridgehead atoms. The van der Waals surface area contributed by atoms with Crippen molar-refractivity contribution in [2.45, 2.75) is 70.6 Å². The molecule has 4 heterocycles. The molecule has 0 radical (unpaired) electrons. The second-order valence-electron chi connectivity index (χ2n) is 10.8. The van der Waals surface area contributed by atoms with E-state index < -0.39 is 0 Å². The Morgan fingerprint density at radius 2 is 1.92 bits per heavy atom. The summed E-state index contributed by atoms with van der Waals surface area (Å²) in [6, 6.07) is 4.45. The van der Waals surface area contributed by atoms with Crippen molar-refractivity contribution in [3.8, 4) is 0 Å². The van der Waals surface area contributed by atoms with Gasteiger partial charge in [0.2, 0.25) is 16.2 Å². The second kappa shape index (κ2) is 11.1. The minimum atomic E-state index is -0.0837. The number of anilines is 3. The van der Waals surface area contributed by atoms with E-state index in [2.05, 4.69) is 54.7 Å². The summed E-state index contributed by atoms with van der Waals surface area (Å²) in [5.41, 5.74) is 0.458. The monoisotopic (exact) mass is 534 g/mol. The lowest BCUT2D eigenvalue weighted by Gasteiger charge is -2.43. The van der Waals surface area contributed by atoms with Crippen LogP contribution in [-0.4, -0.2) is 82.2 Å². The van der Waals surface area contributed by atoms with E-state index in [1.807, 2.05) is 6.07 Å². The number of hydrogen-bond acceptors (Lipinski definition) is 10. The van der Waals surface area contributed by atoms with Crippen LogP contribution >= 0.6 is 22.9 Å². The molecule has 2 aliphatic heterocycles. The van der Waals surface area contributed by atoms with Crippen molar-refractivity contribution >= 4 is 44.9 Å². The lowest BCUT2D eigenvalue weighted by Crippen LogP contribution is -2.50. The molecule has 2 aromatic heterocycles. The van der Waals surface area contributed by atoms with Crippen molar-refractivity contribution in [1.82, 2.24) is 25.3 Å². The maximum atomic E-state index is 12.7. The van der Waals surface area contributed by atoms with Crippen LogP contribution in [0.15, 0.2) is 12.1 Å². The Bertz CT molecular complexity index is 1030. The normalized spacial score (nSPS) is 25.1. The molecule has 1 saturated carbocycles. The Balaban J connectivity index is 1.06. The highest BCUT2D eigenvalue weighted by molar-refractivity contribution is 7.19. The minimum absolute atomic E-state index is 0.0809. The highest BCUT2D eigenvalue weighted by Gasteiger charge is 2.33. The van der Waals surface area contributed by atoms with Crippen LogP contribution in [0.5, 0.6) is 0 Å². The molecular formula is C24H35ClN8O2S. The van der Waals surface area contributed by atoms with Gasteiger partial charge in [0.15, 0.2) is 11.0 Å². The zero-order valence-electron chi connectivity index (χ0n) is 21.0. The first-order valence-corrected chi connectivity index (χ1v) is 14.0. The van der Waals surface area contributed by atoms with Crippen LogP contribution in [0, 0.1) is 5.41 Å². The van der Waals surface area contributed by atoms with Crippen LogP contribution in [0.25, 0.3) is 0 Å². The van der Waals surface area contributed by atoms with Crippen LogP contribution in [-0.2, 0) is 9.53 Å². The SMILES string of the molecule is CC1(C)CCC(N2CCO[C@H](CC(=O)Nc3nnc(N[C@@H]4CCN(c5ccc(Cl)nn5)C4)s3)C2)CC1. The first-order chi connectivity index (χ1) is 17.3. The summed E-state index contributed by atoms with van der Waals surface area (Å²) < 4.78 is 5.93. The third-order valence-corrected chi connectivity index (χ3v) is 8.51. The number of ether oxygens (including phenoxy) is 1. The minimum Gasteiger partial charge on any atom is -0.375 e. The fraction of sp³-hybridized carbons (Fsp3) is 0.708. The van der Waals surface area contributed by atoms with Crippen LogP contribution < -0.4 is 15.5 Å². The molecule has 3 fully saturated rings. The lowest BCUT2D eigenvalue weighted by atomic mass is 9.75. The number of rotatable bonds is 7. The molecule has 10 nitrogen and oxygen atoms in total. The number of nitrogens with one attached hydrogen (secondary N) is 2. The topological polar surface area (TPSA) is 108 Å². The van der Waals surface area contributed by atoms with Crippen LogP contribution in [0.4, 0.5) is 16.1 Å². The van der Waals surface area contributed by atoms with Crippen LogP contribution in [0.3, 0.4) is 0 Å². The van der Waals surface area contributed by atoms with E-state index in [0.717, 1.165) is 38.4 Å². The fourth-order valence-electron chi connectivity index (χ4n) is 5.39. The molecule has 3 aliphatic rings. The molecule has 2 N–H and O–H groups in total. The van der Waals surface area contributed by atoms with Gasteiger partial charge in [0.1, 0.15) is 0 Å². The first-order valence-electron chi connectivity index (χ1n) is 12.8. The Kier molecular flexibility index (Phi) is 7.90. The second-order valence-corrected chi connectivity index (χ2v) is 12.2. The number of carbonyl (C=O) groups excluding carboxylic acids is 1. The number of morpholine rings is 1. The molecule has 2 aromatic rings. The van der Waals surface area contributed by atoms with Gasteiger partial charge < -0.3 is 20.3 Å². The molecule has 5 rings (SSSR count). The van der Waals surface area contributed by atoms with Crippen molar-refractivity contribution in [1.29, 1.82) is 0 Å². The van der Waals surface area contributed by atoms with Gasteiger partial charge in [-0.05, 0) is 49.7 Å². The van der Waals surface area contributed by atoms with E-state index >= 15 is 0 Å². The van der Waals surface area contributed by atoms with E-state index in [-0.39, 0.29) is 18.1 Å². The molecule has 36 heavy (non-hydrogen) atoms. The molecule has 2 saturated heterocycles. The van der Waals surface area contributed by atoms with Gasteiger partial charge in [-0.2, -0.15) is 0 Å². The molecule has 1 aliphatic carbocycles. The van der Waals surface area contributed by atoms with E-state index in [1.54, 1.807) is 6.07 Å². The van der Waals surface area contributed by atoms with Gasteiger partial charge in [-0.1, -0.05) is 36.8 Å². The van der Waals surface area contributed by atoms with Gasteiger partial charge >= 0.3 is 0 Å². The Morgan fingerprint density at radius 3 is 2.69 bits per heavy atom. The third-order valence-electron chi connectivity index (χ3n) is 7.54. The predicted octanol–water partition coefficient (Wildman–Crippen LogP) is 3.67. The Labute approximate surface area is 221 Å². The van der Waals surface area contributed by atoms with Crippen molar-refractivity contribution in [2.75, 3.05) is 48.3 Å². The molecule has 2 atom stereocenters. The van der Waals surface area contributed by atoms with Crippen molar-refractivity contribution in [3.05, 3.63) is 17.3 Å². The molecule has 0 spiro atoms. The predicted molar refractivity (Wildman–Crippen MR) is 142 cm³/mol. The maximum absolute atomic E-state index is 12.7. The number of nitrogens with zero attached hydrogens (tertiary/aromatic N) is 6. The summed E-state index contributed by atoms with van der Waals surface area (Å²) in [6.07, 6.45) is 6.19. The van der Waals surface area contributed by atoms with Crippen molar-refractivity contribution in [2.24, 2.45) is 5.41 Å². The number of hydrogen-bond donors (Lipinski definition) is 2. The molecular weight excluding hydrogens is 500 g/mol. The zero-order chi connectivity index (χ0) is 25.1. The maximum Gasteiger partial charge on any atom is 0.228 e. The molecule has 196 valence electrons. The quantitative estimate of drug-likeness (QED) is 0.550. The summed E-state index contributed by atoms with van der Waals surface area (Å²) in [7, 11) is 0. The third kappa shape index (κ3) is 6.62.